The zero-order valence-electron chi connectivity index (χ0n) is 18.7. The van der Waals surface area contributed by atoms with Crippen molar-refractivity contribution in [1.29, 1.82) is 5.26 Å². The number of hydrogen-bond donors (Lipinski definition) is 2. The molecule has 1 aromatic heterocycles. The minimum absolute atomic E-state index is 0.0274. The van der Waals surface area contributed by atoms with Gasteiger partial charge in [0.05, 0.1) is 0 Å². The monoisotopic (exact) mass is 423 g/mol. The maximum atomic E-state index is 12.6. The Morgan fingerprint density at radius 3 is 2.55 bits per heavy atom. The summed E-state index contributed by atoms with van der Waals surface area (Å²) in [4.78, 5) is 39.3. The number of ether oxygens (including phenoxy) is 1. The fourth-order valence-corrected chi connectivity index (χ4v) is 3.45. The molecule has 0 aliphatic carbocycles. The highest BCUT2D eigenvalue weighted by molar-refractivity contribution is 5.95. The summed E-state index contributed by atoms with van der Waals surface area (Å²) in [7, 11) is 0. The Morgan fingerprint density at radius 1 is 1.23 bits per heavy atom. The van der Waals surface area contributed by atoms with Crippen LogP contribution in [0.15, 0.2) is 29.1 Å². The first-order valence-corrected chi connectivity index (χ1v) is 10.4. The number of H-pyrrole nitrogens is 1. The van der Waals surface area contributed by atoms with E-state index in [1.165, 1.54) is 6.92 Å². The summed E-state index contributed by atoms with van der Waals surface area (Å²) >= 11 is 0. The topological polar surface area (TPSA) is 112 Å². The van der Waals surface area contributed by atoms with E-state index < -0.39 is 23.5 Å². The van der Waals surface area contributed by atoms with Crippen LogP contribution in [0.4, 0.5) is 5.69 Å². The minimum Gasteiger partial charge on any atom is -0.453 e. The van der Waals surface area contributed by atoms with E-state index in [1.54, 1.807) is 13.8 Å². The smallest absolute Gasteiger partial charge is 0.306 e. The van der Waals surface area contributed by atoms with Gasteiger partial charge in [-0.2, -0.15) is 5.26 Å². The average Bonchev–Trinajstić information content (AvgIpc) is 2.73. The third kappa shape index (κ3) is 5.82. The molecule has 164 valence electrons. The lowest BCUT2D eigenvalue weighted by Gasteiger charge is -2.18. The molecule has 7 nitrogen and oxygen atoms in total. The molecule has 2 atom stereocenters. The normalized spacial score (nSPS) is 12.5. The van der Waals surface area contributed by atoms with Crippen molar-refractivity contribution in [1.82, 2.24) is 4.98 Å². The lowest BCUT2D eigenvalue weighted by atomic mass is 9.97. The van der Waals surface area contributed by atoms with E-state index in [4.69, 9.17) is 10.00 Å². The van der Waals surface area contributed by atoms with Gasteiger partial charge in [-0.1, -0.05) is 32.0 Å². The van der Waals surface area contributed by atoms with E-state index in [0.29, 0.717) is 23.4 Å². The molecule has 0 radical (unpaired) electrons. The van der Waals surface area contributed by atoms with Crippen LogP contribution in [0, 0.1) is 25.2 Å². The maximum Gasteiger partial charge on any atom is 0.306 e. The van der Waals surface area contributed by atoms with Crippen molar-refractivity contribution in [2.45, 2.75) is 65.9 Å². The Morgan fingerprint density at radius 2 is 1.90 bits per heavy atom. The number of nitrogens with zero attached hydrogens (tertiary/aromatic N) is 1. The number of carbonyl (C=O) groups is 2. The van der Waals surface area contributed by atoms with Crippen LogP contribution in [0.5, 0.6) is 0 Å². The Hall–Kier alpha value is -3.40. The number of rotatable bonds is 8. The number of para-hydroxylation sites is 1. The van der Waals surface area contributed by atoms with Gasteiger partial charge in [-0.3, -0.25) is 14.4 Å². The van der Waals surface area contributed by atoms with Crippen molar-refractivity contribution in [3.63, 3.8) is 0 Å². The summed E-state index contributed by atoms with van der Waals surface area (Å²) < 4.78 is 5.30. The SMILES string of the molecule is CC[C@@H](C)c1ccccc1NC(=O)[C@@H](C)OC(=O)CCc1c(C)[nH]c(=O)c(C#N)c1C. The van der Waals surface area contributed by atoms with Crippen LogP contribution in [0.2, 0.25) is 0 Å². The van der Waals surface area contributed by atoms with E-state index in [1.807, 2.05) is 30.3 Å². The van der Waals surface area contributed by atoms with Crippen LogP contribution < -0.4 is 10.9 Å². The molecule has 31 heavy (non-hydrogen) atoms. The lowest BCUT2D eigenvalue weighted by Crippen LogP contribution is -2.30. The third-order valence-electron chi connectivity index (χ3n) is 5.54. The summed E-state index contributed by atoms with van der Waals surface area (Å²) in [6.07, 6.45) is 0.311. The van der Waals surface area contributed by atoms with Crippen molar-refractivity contribution in [3.05, 3.63) is 62.6 Å². The molecule has 0 fully saturated rings. The Bertz CT molecular complexity index is 1070. The molecule has 2 aromatic rings. The van der Waals surface area contributed by atoms with Crippen molar-refractivity contribution in [3.8, 4) is 6.07 Å². The number of aromatic amines is 1. The van der Waals surface area contributed by atoms with Crippen molar-refractivity contribution < 1.29 is 14.3 Å². The molecule has 7 heteroatoms. The highest BCUT2D eigenvalue weighted by Crippen LogP contribution is 2.26. The number of aryl methyl sites for hydroxylation is 1. The molecule has 1 amide bonds. The molecule has 0 aliphatic heterocycles. The fraction of sp³-hybridized carbons (Fsp3) is 0.417. The molecule has 0 saturated heterocycles. The first kappa shape index (κ1) is 23.9. The number of aromatic nitrogens is 1. The van der Waals surface area contributed by atoms with Crippen LogP contribution in [0.25, 0.3) is 0 Å². The zero-order valence-corrected chi connectivity index (χ0v) is 18.7. The van der Waals surface area contributed by atoms with Crippen molar-refractivity contribution >= 4 is 17.6 Å². The second-order valence-corrected chi connectivity index (χ2v) is 7.69. The summed E-state index contributed by atoms with van der Waals surface area (Å²) in [5.74, 6) is -0.634. The predicted molar refractivity (Wildman–Crippen MR) is 119 cm³/mol. The number of nitriles is 1. The van der Waals surface area contributed by atoms with Gasteiger partial charge in [-0.15, -0.1) is 0 Å². The van der Waals surface area contributed by atoms with Crippen LogP contribution >= 0.6 is 0 Å². The van der Waals surface area contributed by atoms with Gasteiger partial charge in [0, 0.05) is 17.8 Å². The highest BCUT2D eigenvalue weighted by atomic mass is 16.5. The van der Waals surface area contributed by atoms with Gasteiger partial charge in [0.2, 0.25) is 0 Å². The Balaban J connectivity index is 2.00. The Kier molecular flexibility index (Phi) is 8.14. The van der Waals surface area contributed by atoms with Crippen LogP contribution in [0.3, 0.4) is 0 Å². The second kappa shape index (κ2) is 10.6. The molecule has 0 bridgehead atoms. The number of carbonyl (C=O) groups excluding carboxylic acids is 2. The van der Waals surface area contributed by atoms with E-state index in [2.05, 4.69) is 24.1 Å². The summed E-state index contributed by atoms with van der Waals surface area (Å²) in [6.45, 7) is 9.11. The molecule has 2 N–H and O–H groups in total. The van der Waals surface area contributed by atoms with Gasteiger partial charge in [-0.05, 0) is 62.3 Å². The molecule has 1 heterocycles. The number of amides is 1. The summed E-state index contributed by atoms with van der Waals surface area (Å²) in [5.41, 5.74) is 3.26. The summed E-state index contributed by atoms with van der Waals surface area (Å²) in [5, 5.41) is 12.0. The molecule has 2 rings (SSSR count). The Labute approximate surface area is 182 Å². The highest BCUT2D eigenvalue weighted by Gasteiger charge is 2.20. The second-order valence-electron chi connectivity index (χ2n) is 7.69. The number of pyridine rings is 1. The van der Waals surface area contributed by atoms with Crippen LogP contribution in [-0.2, 0) is 20.7 Å². The molecular formula is C24H29N3O4. The van der Waals surface area contributed by atoms with E-state index >= 15 is 0 Å². The average molecular weight is 424 g/mol. The molecule has 1 aromatic carbocycles. The minimum atomic E-state index is -0.954. The quantitative estimate of drug-likeness (QED) is 0.626. The number of esters is 1. The number of hydrogen-bond acceptors (Lipinski definition) is 5. The van der Waals surface area contributed by atoms with Crippen molar-refractivity contribution in [2.75, 3.05) is 5.32 Å². The van der Waals surface area contributed by atoms with Gasteiger partial charge in [0.15, 0.2) is 6.10 Å². The molecule has 0 spiro atoms. The number of anilines is 1. The largest absolute Gasteiger partial charge is 0.453 e. The van der Waals surface area contributed by atoms with Gasteiger partial charge in [0.1, 0.15) is 11.6 Å². The van der Waals surface area contributed by atoms with Gasteiger partial charge < -0.3 is 15.0 Å². The zero-order chi connectivity index (χ0) is 23.1. The predicted octanol–water partition coefficient (Wildman–Crippen LogP) is 3.88. The lowest BCUT2D eigenvalue weighted by molar-refractivity contribution is -0.153. The number of benzene rings is 1. The molecule has 0 saturated carbocycles. The van der Waals surface area contributed by atoms with Crippen LogP contribution in [0.1, 0.15) is 67.5 Å². The van der Waals surface area contributed by atoms with Gasteiger partial charge in [-0.25, -0.2) is 0 Å². The first-order chi connectivity index (χ1) is 14.7. The standard InChI is InChI=1S/C24H29N3O4/c1-6-14(2)18-9-7-8-10-21(18)27-23(29)17(5)31-22(28)12-11-19-15(3)20(13-25)24(30)26-16(19)4/h7-10,14,17H,6,11-12H2,1-5H3,(H,26,30)(H,27,29)/t14-,17-/m1/s1. The van der Waals surface area contributed by atoms with Gasteiger partial charge >= 0.3 is 5.97 Å². The number of nitrogens with one attached hydrogen (secondary N) is 2. The first-order valence-electron chi connectivity index (χ1n) is 10.4. The van der Waals surface area contributed by atoms with Crippen LogP contribution in [-0.4, -0.2) is 23.0 Å². The van der Waals surface area contributed by atoms with E-state index in [-0.39, 0.29) is 17.9 Å². The maximum absolute atomic E-state index is 12.6. The third-order valence-corrected chi connectivity index (χ3v) is 5.54. The van der Waals surface area contributed by atoms with Gasteiger partial charge in [0.25, 0.3) is 11.5 Å². The van der Waals surface area contributed by atoms with E-state index in [0.717, 1.165) is 17.5 Å². The molecule has 0 aliphatic rings. The summed E-state index contributed by atoms with van der Waals surface area (Å²) in [6, 6.07) is 9.48. The van der Waals surface area contributed by atoms with Crippen molar-refractivity contribution in [2.24, 2.45) is 0 Å². The molecular weight excluding hydrogens is 394 g/mol. The van der Waals surface area contributed by atoms with E-state index in [9.17, 15) is 14.4 Å². The fourth-order valence-electron chi connectivity index (χ4n) is 3.45. The molecule has 0 unspecified atom stereocenters.